The molecular formula is C22H27N3O6S. The van der Waals surface area contributed by atoms with E-state index in [4.69, 9.17) is 4.74 Å². The Labute approximate surface area is 187 Å². The second-order valence-corrected chi connectivity index (χ2v) is 9.81. The number of sulfonamides is 1. The first kappa shape index (κ1) is 23.7. The average molecular weight is 462 g/mol. The lowest BCUT2D eigenvalue weighted by atomic mass is 9.96. The molecule has 0 aromatic heterocycles. The van der Waals surface area contributed by atoms with Gasteiger partial charge in [0.15, 0.2) is 11.9 Å². The standard InChI is InChI=1S/C22H27N3O6S/c1-16(31-21-11-7-6-10-20(21)25(27)28)22(26)23-17-12-14-19(15-13-17)32(29,30)24(2)18-8-4-3-5-9-18/h6-7,10-16,18H,3-5,8-9H2,1-2H3,(H,23,26)/t16-/m1/s1. The molecule has 2 aromatic rings. The molecule has 10 heteroatoms. The van der Waals surface area contributed by atoms with Crippen LogP contribution in [0.5, 0.6) is 5.75 Å². The van der Waals surface area contributed by atoms with Crippen LogP contribution in [-0.2, 0) is 14.8 Å². The summed E-state index contributed by atoms with van der Waals surface area (Å²) in [5, 5.41) is 13.7. The Balaban J connectivity index is 1.65. The molecule has 1 saturated carbocycles. The smallest absolute Gasteiger partial charge is 0.310 e. The monoisotopic (exact) mass is 461 g/mol. The van der Waals surface area contributed by atoms with Crippen LogP contribution in [0.3, 0.4) is 0 Å². The number of hydrogen-bond acceptors (Lipinski definition) is 6. The van der Waals surface area contributed by atoms with E-state index < -0.39 is 27.0 Å². The normalized spacial score (nSPS) is 15.8. The maximum Gasteiger partial charge on any atom is 0.310 e. The SMILES string of the molecule is C[C@@H](Oc1ccccc1[N+](=O)[O-])C(=O)Nc1ccc(S(=O)(=O)N(C)C2CCCCC2)cc1. The Bertz CT molecular complexity index is 1070. The minimum atomic E-state index is -3.62. The topological polar surface area (TPSA) is 119 Å². The summed E-state index contributed by atoms with van der Waals surface area (Å²) in [6, 6.07) is 11.7. The minimum Gasteiger partial charge on any atom is -0.474 e. The summed E-state index contributed by atoms with van der Waals surface area (Å²) in [5.74, 6) is -0.523. The van der Waals surface area contributed by atoms with Gasteiger partial charge in [0.2, 0.25) is 10.0 Å². The van der Waals surface area contributed by atoms with Crippen molar-refractivity contribution in [2.75, 3.05) is 12.4 Å². The van der Waals surface area contributed by atoms with Gasteiger partial charge in [0.05, 0.1) is 9.82 Å². The van der Waals surface area contributed by atoms with Crippen molar-refractivity contribution in [3.8, 4) is 5.75 Å². The number of hydrogen-bond donors (Lipinski definition) is 1. The number of carbonyl (C=O) groups excluding carboxylic acids is 1. The number of amides is 1. The summed E-state index contributed by atoms with van der Waals surface area (Å²) in [7, 11) is -2.01. The highest BCUT2D eigenvalue weighted by atomic mass is 32.2. The lowest BCUT2D eigenvalue weighted by molar-refractivity contribution is -0.386. The molecule has 3 rings (SSSR count). The molecule has 172 valence electrons. The van der Waals surface area contributed by atoms with E-state index in [2.05, 4.69) is 5.32 Å². The van der Waals surface area contributed by atoms with Gasteiger partial charge in [-0.1, -0.05) is 31.4 Å². The number of carbonyl (C=O) groups is 1. The first-order chi connectivity index (χ1) is 15.2. The summed E-state index contributed by atoms with van der Waals surface area (Å²) in [4.78, 5) is 23.1. The molecule has 1 aliphatic carbocycles. The van der Waals surface area contributed by atoms with E-state index in [9.17, 15) is 23.3 Å². The quantitative estimate of drug-likeness (QED) is 0.470. The van der Waals surface area contributed by atoms with Crippen LogP contribution in [0.25, 0.3) is 0 Å². The molecule has 0 bridgehead atoms. The van der Waals surface area contributed by atoms with Gasteiger partial charge in [0.1, 0.15) is 0 Å². The molecular weight excluding hydrogens is 434 g/mol. The van der Waals surface area contributed by atoms with Gasteiger partial charge >= 0.3 is 5.69 Å². The highest BCUT2D eigenvalue weighted by molar-refractivity contribution is 7.89. The molecule has 1 N–H and O–H groups in total. The van der Waals surface area contributed by atoms with Crippen LogP contribution in [0.1, 0.15) is 39.0 Å². The molecule has 0 radical (unpaired) electrons. The molecule has 0 spiro atoms. The lowest BCUT2D eigenvalue weighted by Gasteiger charge is -2.30. The number of ether oxygens (including phenoxy) is 1. The number of nitrogens with zero attached hydrogens (tertiary/aromatic N) is 2. The van der Waals surface area contributed by atoms with E-state index in [0.717, 1.165) is 32.1 Å². The molecule has 2 aromatic carbocycles. The first-order valence-corrected chi connectivity index (χ1v) is 11.9. The molecule has 1 amide bonds. The zero-order valence-electron chi connectivity index (χ0n) is 18.1. The molecule has 0 aliphatic heterocycles. The van der Waals surface area contributed by atoms with Gasteiger partial charge in [-0.3, -0.25) is 14.9 Å². The Hall–Kier alpha value is -2.98. The largest absolute Gasteiger partial charge is 0.474 e. The fraction of sp³-hybridized carbons (Fsp3) is 0.409. The van der Waals surface area contributed by atoms with Crippen LogP contribution in [-0.4, -0.2) is 42.7 Å². The lowest BCUT2D eigenvalue weighted by Crippen LogP contribution is -2.38. The zero-order valence-corrected chi connectivity index (χ0v) is 18.9. The number of benzene rings is 2. The average Bonchev–Trinajstić information content (AvgIpc) is 2.79. The molecule has 1 atom stereocenters. The van der Waals surface area contributed by atoms with Crippen molar-refractivity contribution in [2.45, 2.75) is 56.1 Å². The van der Waals surface area contributed by atoms with Crippen LogP contribution in [0.4, 0.5) is 11.4 Å². The maximum atomic E-state index is 12.9. The summed E-state index contributed by atoms with van der Waals surface area (Å²) in [6.07, 6.45) is 3.92. The third-order valence-electron chi connectivity index (χ3n) is 5.62. The highest BCUT2D eigenvalue weighted by Crippen LogP contribution is 2.28. The van der Waals surface area contributed by atoms with E-state index in [-0.39, 0.29) is 22.4 Å². The number of rotatable bonds is 8. The Kier molecular flexibility index (Phi) is 7.47. The third kappa shape index (κ3) is 5.43. The van der Waals surface area contributed by atoms with E-state index in [0.29, 0.717) is 5.69 Å². The predicted octanol–water partition coefficient (Wildman–Crippen LogP) is 3.95. The summed E-state index contributed by atoms with van der Waals surface area (Å²) >= 11 is 0. The summed E-state index contributed by atoms with van der Waals surface area (Å²) in [6.45, 7) is 1.48. The molecule has 1 aliphatic rings. The zero-order chi connectivity index (χ0) is 23.3. The summed E-state index contributed by atoms with van der Waals surface area (Å²) < 4.78 is 32.8. The van der Waals surface area contributed by atoms with Crippen molar-refractivity contribution in [1.29, 1.82) is 0 Å². The predicted molar refractivity (Wildman–Crippen MR) is 120 cm³/mol. The van der Waals surface area contributed by atoms with E-state index in [1.54, 1.807) is 13.1 Å². The van der Waals surface area contributed by atoms with Crippen molar-refractivity contribution in [1.82, 2.24) is 4.31 Å². The minimum absolute atomic E-state index is 0.00709. The molecule has 9 nitrogen and oxygen atoms in total. The Morgan fingerprint density at radius 3 is 2.38 bits per heavy atom. The number of nitro benzene ring substituents is 1. The van der Waals surface area contributed by atoms with Gasteiger partial charge in [0, 0.05) is 24.8 Å². The van der Waals surface area contributed by atoms with Crippen molar-refractivity contribution in [3.63, 3.8) is 0 Å². The van der Waals surface area contributed by atoms with Crippen LogP contribution in [0.2, 0.25) is 0 Å². The van der Waals surface area contributed by atoms with Gasteiger partial charge in [0.25, 0.3) is 5.91 Å². The number of nitrogens with one attached hydrogen (secondary N) is 1. The molecule has 0 unspecified atom stereocenters. The molecule has 1 fully saturated rings. The second kappa shape index (κ2) is 10.1. The van der Waals surface area contributed by atoms with Crippen molar-refractivity contribution >= 4 is 27.3 Å². The molecule has 0 heterocycles. The van der Waals surface area contributed by atoms with Gasteiger partial charge in [-0.15, -0.1) is 0 Å². The number of nitro groups is 1. The number of anilines is 1. The van der Waals surface area contributed by atoms with Gasteiger partial charge < -0.3 is 10.1 Å². The Morgan fingerprint density at radius 1 is 1.12 bits per heavy atom. The fourth-order valence-electron chi connectivity index (χ4n) is 3.71. The Morgan fingerprint density at radius 2 is 1.75 bits per heavy atom. The van der Waals surface area contributed by atoms with Gasteiger partial charge in [-0.2, -0.15) is 4.31 Å². The third-order valence-corrected chi connectivity index (χ3v) is 7.55. The molecule has 0 saturated heterocycles. The van der Waals surface area contributed by atoms with Crippen molar-refractivity contribution in [3.05, 3.63) is 58.6 Å². The van der Waals surface area contributed by atoms with Crippen molar-refractivity contribution in [2.24, 2.45) is 0 Å². The van der Waals surface area contributed by atoms with Crippen LogP contribution in [0.15, 0.2) is 53.4 Å². The first-order valence-electron chi connectivity index (χ1n) is 10.5. The van der Waals surface area contributed by atoms with E-state index in [1.807, 2.05) is 0 Å². The fourth-order valence-corrected chi connectivity index (χ4v) is 5.13. The highest BCUT2D eigenvalue weighted by Gasteiger charge is 2.29. The van der Waals surface area contributed by atoms with Crippen molar-refractivity contribution < 1.29 is 22.9 Å². The number of para-hydroxylation sites is 2. The van der Waals surface area contributed by atoms with Crippen LogP contribution < -0.4 is 10.1 Å². The van der Waals surface area contributed by atoms with Crippen LogP contribution >= 0.6 is 0 Å². The van der Waals surface area contributed by atoms with E-state index in [1.165, 1.54) is 53.7 Å². The van der Waals surface area contributed by atoms with E-state index >= 15 is 0 Å². The van der Waals surface area contributed by atoms with Crippen LogP contribution in [0, 0.1) is 10.1 Å². The maximum absolute atomic E-state index is 12.9. The molecule has 32 heavy (non-hydrogen) atoms. The van der Waals surface area contributed by atoms with Gasteiger partial charge in [-0.25, -0.2) is 8.42 Å². The second-order valence-electron chi connectivity index (χ2n) is 7.81. The summed E-state index contributed by atoms with van der Waals surface area (Å²) in [5.41, 5.74) is 0.163. The van der Waals surface area contributed by atoms with Gasteiger partial charge in [-0.05, 0) is 50.1 Å².